The van der Waals surface area contributed by atoms with Crippen LogP contribution in [0.1, 0.15) is 25.0 Å². The fraction of sp³-hybridized carbons (Fsp3) is 0.500. The van der Waals surface area contributed by atoms with Gasteiger partial charge >= 0.3 is 0 Å². The molecular weight excluding hydrogens is 228 g/mol. The molecule has 0 amide bonds. The maximum absolute atomic E-state index is 8.77. The molecule has 6 nitrogen and oxygen atoms in total. The van der Waals surface area contributed by atoms with E-state index in [1.807, 2.05) is 13.0 Å². The standard InChI is InChI=1S/C12H14N6/c1-9-7-11(18-12(16-9)14-8-15-18)17(6-2-5-13)10-3-4-10/h7-8,10H,2-4,6H2,1H3. The molecule has 0 saturated heterocycles. The maximum atomic E-state index is 8.77. The summed E-state index contributed by atoms with van der Waals surface area (Å²) in [6, 6.07) is 4.75. The molecule has 3 rings (SSSR count). The van der Waals surface area contributed by atoms with E-state index in [2.05, 4.69) is 26.0 Å². The minimum atomic E-state index is 0.522. The summed E-state index contributed by atoms with van der Waals surface area (Å²) in [6.07, 6.45) is 4.40. The second-order valence-electron chi connectivity index (χ2n) is 4.56. The van der Waals surface area contributed by atoms with E-state index >= 15 is 0 Å². The van der Waals surface area contributed by atoms with Gasteiger partial charge < -0.3 is 4.90 Å². The van der Waals surface area contributed by atoms with Gasteiger partial charge in [0.05, 0.1) is 12.5 Å². The monoisotopic (exact) mass is 242 g/mol. The van der Waals surface area contributed by atoms with Crippen molar-refractivity contribution in [3.63, 3.8) is 0 Å². The molecule has 92 valence electrons. The SMILES string of the molecule is Cc1cc(N(CCC#N)C2CC2)n2ncnc2n1. The summed E-state index contributed by atoms with van der Waals surface area (Å²) in [5.74, 6) is 1.61. The fourth-order valence-electron chi connectivity index (χ4n) is 2.16. The van der Waals surface area contributed by atoms with Crippen molar-refractivity contribution in [2.24, 2.45) is 0 Å². The first-order chi connectivity index (χ1) is 8.79. The van der Waals surface area contributed by atoms with Crippen LogP contribution in [0.4, 0.5) is 5.82 Å². The largest absolute Gasteiger partial charge is 0.352 e. The third-order valence-corrected chi connectivity index (χ3v) is 3.11. The van der Waals surface area contributed by atoms with Gasteiger partial charge in [-0.2, -0.15) is 19.9 Å². The Morgan fingerprint density at radius 2 is 2.39 bits per heavy atom. The number of aromatic nitrogens is 4. The topological polar surface area (TPSA) is 70.1 Å². The number of hydrogen-bond donors (Lipinski definition) is 0. The van der Waals surface area contributed by atoms with Crippen molar-refractivity contribution in [3.05, 3.63) is 18.1 Å². The Morgan fingerprint density at radius 1 is 1.56 bits per heavy atom. The van der Waals surface area contributed by atoms with Crippen LogP contribution in [0.2, 0.25) is 0 Å². The molecule has 0 aliphatic heterocycles. The van der Waals surface area contributed by atoms with Crippen molar-refractivity contribution in [1.82, 2.24) is 19.6 Å². The highest BCUT2D eigenvalue weighted by atomic mass is 15.4. The highest BCUT2D eigenvalue weighted by Crippen LogP contribution is 2.31. The number of nitriles is 1. The highest BCUT2D eigenvalue weighted by Gasteiger charge is 2.30. The zero-order valence-electron chi connectivity index (χ0n) is 10.2. The second-order valence-corrected chi connectivity index (χ2v) is 4.56. The van der Waals surface area contributed by atoms with E-state index in [1.54, 1.807) is 4.52 Å². The first kappa shape index (κ1) is 11.0. The van der Waals surface area contributed by atoms with E-state index < -0.39 is 0 Å². The van der Waals surface area contributed by atoms with Crippen LogP contribution in [0.25, 0.3) is 5.78 Å². The molecule has 18 heavy (non-hydrogen) atoms. The molecule has 2 aromatic heterocycles. The molecule has 1 aliphatic rings. The van der Waals surface area contributed by atoms with Crippen molar-refractivity contribution in [2.75, 3.05) is 11.4 Å². The van der Waals surface area contributed by atoms with Crippen LogP contribution in [0.3, 0.4) is 0 Å². The molecular formula is C12H14N6. The van der Waals surface area contributed by atoms with Crippen LogP contribution in [0.5, 0.6) is 0 Å². The van der Waals surface area contributed by atoms with Gasteiger partial charge in [0.2, 0.25) is 0 Å². The number of anilines is 1. The number of fused-ring (bicyclic) bond motifs is 1. The minimum absolute atomic E-state index is 0.522. The van der Waals surface area contributed by atoms with Crippen LogP contribution < -0.4 is 4.90 Å². The van der Waals surface area contributed by atoms with E-state index in [9.17, 15) is 0 Å². The molecule has 0 radical (unpaired) electrons. The average molecular weight is 242 g/mol. The van der Waals surface area contributed by atoms with Crippen molar-refractivity contribution < 1.29 is 0 Å². The number of nitrogens with zero attached hydrogens (tertiary/aromatic N) is 6. The zero-order valence-corrected chi connectivity index (χ0v) is 10.2. The fourth-order valence-corrected chi connectivity index (χ4v) is 2.16. The molecule has 0 spiro atoms. The summed E-state index contributed by atoms with van der Waals surface area (Å²) in [5.41, 5.74) is 0.924. The maximum Gasteiger partial charge on any atom is 0.254 e. The van der Waals surface area contributed by atoms with Gasteiger partial charge in [-0.25, -0.2) is 4.98 Å². The normalized spacial score (nSPS) is 14.7. The molecule has 1 fully saturated rings. The Balaban J connectivity index is 2.04. The van der Waals surface area contributed by atoms with Crippen LogP contribution in [0, 0.1) is 18.3 Å². The van der Waals surface area contributed by atoms with Crippen LogP contribution in [-0.4, -0.2) is 32.2 Å². The molecule has 6 heteroatoms. The van der Waals surface area contributed by atoms with Gasteiger partial charge in [0.25, 0.3) is 5.78 Å². The lowest BCUT2D eigenvalue weighted by Crippen LogP contribution is -2.29. The Morgan fingerprint density at radius 3 is 3.11 bits per heavy atom. The van der Waals surface area contributed by atoms with E-state index in [-0.39, 0.29) is 0 Å². The molecule has 0 bridgehead atoms. The summed E-state index contributed by atoms with van der Waals surface area (Å²) < 4.78 is 1.75. The summed E-state index contributed by atoms with van der Waals surface area (Å²) >= 11 is 0. The van der Waals surface area contributed by atoms with Gasteiger partial charge in [0, 0.05) is 24.3 Å². The number of aryl methyl sites for hydroxylation is 1. The van der Waals surface area contributed by atoms with E-state index in [0.29, 0.717) is 18.2 Å². The molecule has 0 aromatic carbocycles. The summed E-state index contributed by atoms with van der Waals surface area (Å²) in [7, 11) is 0. The summed E-state index contributed by atoms with van der Waals surface area (Å²) in [5, 5.41) is 13.0. The Labute approximate surface area is 105 Å². The lowest BCUT2D eigenvalue weighted by molar-refractivity contribution is 0.747. The predicted molar refractivity (Wildman–Crippen MR) is 66.1 cm³/mol. The van der Waals surface area contributed by atoms with E-state index in [0.717, 1.165) is 18.1 Å². The molecule has 0 atom stereocenters. The van der Waals surface area contributed by atoms with Crippen molar-refractivity contribution in [1.29, 1.82) is 5.26 Å². The molecule has 0 N–H and O–H groups in total. The van der Waals surface area contributed by atoms with Gasteiger partial charge in [-0.1, -0.05) is 0 Å². The predicted octanol–water partition coefficient (Wildman–Crippen LogP) is 1.32. The lowest BCUT2D eigenvalue weighted by atomic mass is 10.3. The summed E-state index contributed by atoms with van der Waals surface area (Å²) in [6.45, 7) is 2.69. The van der Waals surface area contributed by atoms with Crippen molar-refractivity contribution in [2.45, 2.75) is 32.2 Å². The van der Waals surface area contributed by atoms with Gasteiger partial charge in [-0.05, 0) is 19.8 Å². The molecule has 1 aliphatic carbocycles. The first-order valence-corrected chi connectivity index (χ1v) is 6.10. The third-order valence-electron chi connectivity index (χ3n) is 3.11. The van der Waals surface area contributed by atoms with Gasteiger partial charge in [0.1, 0.15) is 12.1 Å². The quantitative estimate of drug-likeness (QED) is 0.808. The van der Waals surface area contributed by atoms with Crippen molar-refractivity contribution in [3.8, 4) is 6.07 Å². The third kappa shape index (κ3) is 1.88. The van der Waals surface area contributed by atoms with Gasteiger partial charge in [-0.3, -0.25) is 0 Å². The highest BCUT2D eigenvalue weighted by molar-refractivity contribution is 5.49. The Bertz CT molecular complexity index is 607. The molecule has 2 heterocycles. The Hall–Kier alpha value is -2.16. The van der Waals surface area contributed by atoms with Gasteiger partial charge in [0.15, 0.2) is 0 Å². The number of rotatable bonds is 4. The van der Waals surface area contributed by atoms with E-state index in [1.165, 1.54) is 19.2 Å². The average Bonchev–Trinajstić information content (AvgIpc) is 3.08. The molecule has 1 saturated carbocycles. The zero-order chi connectivity index (χ0) is 12.5. The number of hydrogen-bond acceptors (Lipinski definition) is 5. The van der Waals surface area contributed by atoms with Crippen LogP contribution >= 0.6 is 0 Å². The van der Waals surface area contributed by atoms with E-state index in [4.69, 9.17) is 5.26 Å². The minimum Gasteiger partial charge on any atom is -0.352 e. The van der Waals surface area contributed by atoms with Crippen molar-refractivity contribution >= 4 is 11.6 Å². The molecule has 2 aromatic rings. The summed E-state index contributed by atoms with van der Waals surface area (Å²) in [4.78, 5) is 10.7. The second kappa shape index (κ2) is 4.26. The van der Waals surface area contributed by atoms with Gasteiger partial charge in [-0.15, -0.1) is 0 Å². The first-order valence-electron chi connectivity index (χ1n) is 6.10. The van der Waals surface area contributed by atoms with Crippen LogP contribution in [-0.2, 0) is 0 Å². The lowest BCUT2D eigenvalue weighted by Gasteiger charge is -2.23. The van der Waals surface area contributed by atoms with Crippen LogP contribution in [0.15, 0.2) is 12.4 Å². The Kier molecular flexibility index (Phi) is 2.59. The molecule has 0 unspecified atom stereocenters. The smallest absolute Gasteiger partial charge is 0.254 e.